The molecule has 1 fully saturated rings. The van der Waals surface area contributed by atoms with Crippen LogP contribution in [0.1, 0.15) is 128 Å². The van der Waals surface area contributed by atoms with E-state index < -0.39 is 59.4 Å². The summed E-state index contributed by atoms with van der Waals surface area (Å²) in [4.78, 5) is 138. The molecule has 6 heterocycles. The highest BCUT2D eigenvalue weighted by molar-refractivity contribution is 6.13. The third-order valence-electron chi connectivity index (χ3n) is 17.7. The number of carbonyl (C=O) groups excluding carboxylic acids is 9. The first-order valence-corrected chi connectivity index (χ1v) is 34.6. The Hall–Kier alpha value is -10.8. The number of aliphatic imine (C=N–C) groups is 2. The van der Waals surface area contributed by atoms with Gasteiger partial charge >= 0.3 is 12.1 Å². The Bertz CT molecular complexity index is 3920. The van der Waals surface area contributed by atoms with Crippen molar-refractivity contribution in [2.24, 2.45) is 27.6 Å². The maximum Gasteiger partial charge on any atom is 0.442 e. The number of nitrogens with two attached hydrogens (primary N) is 1. The lowest BCUT2D eigenvalue weighted by Gasteiger charge is -2.34. The van der Waals surface area contributed by atoms with Crippen LogP contribution in [0.15, 0.2) is 113 Å². The normalized spacial score (nSPS) is 17.8. The van der Waals surface area contributed by atoms with Crippen LogP contribution in [-0.4, -0.2) is 158 Å². The highest BCUT2D eigenvalue weighted by Crippen LogP contribution is 2.42. The van der Waals surface area contributed by atoms with Crippen LogP contribution in [0.25, 0.3) is 0 Å². The molecule has 33 heteroatoms. The van der Waals surface area contributed by atoms with Gasteiger partial charge in [0.15, 0.2) is 34.7 Å². The second-order valence-electron chi connectivity index (χ2n) is 25.8. The number of ketones is 1. The zero-order chi connectivity index (χ0) is 74.2. The van der Waals surface area contributed by atoms with Gasteiger partial charge < -0.3 is 65.8 Å². The molecule has 4 aromatic carbocycles. The first kappa shape index (κ1) is 76.8. The van der Waals surface area contributed by atoms with E-state index in [1.807, 2.05) is 35.5 Å². The Balaban J connectivity index is 0.665. The summed E-state index contributed by atoms with van der Waals surface area (Å²) >= 11 is 0. The third-order valence-corrected chi connectivity index (χ3v) is 17.7. The van der Waals surface area contributed by atoms with E-state index >= 15 is 0 Å². The maximum atomic E-state index is 14.7. The Kier molecular flexibility index (Phi) is 27.9. The van der Waals surface area contributed by atoms with Gasteiger partial charge in [-0.05, 0) is 119 Å². The molecule has 0 radical (unpaired) electrons. The van der Waals surface area contributed by atoms with Crippen molar-refractivity contribution >= 4 is 88.5 Å². The Morgan fingerprint density at radius 2 is 1.23 bits per heavy atom. The number of nitrogens with zero attached hydrogens (tertiary/aromatic N) is 5. The van der Waals surface area contributed by atoms with E-state index in [2.05, 4.69) is 79.7 Å². The van der Waals surface area contributed by atoms with Gasteiger partial charge in [0.1, 0.15) is 13.2 Å². The van der Waals surface area contributed by atoms with E-state index in [9.17, 15) is 43.2 Å². The number of carbonyl (C=O) groups is 9. The molecule has 33 nitrogen and oxygen atoms in total. The number of fused-ring (bicyclic) bond motifs is 7. The van der Waals surface area contributed by atoms with Crippen molar-refractivity contribution in [2.45, 2.75) is 129 Å². The first-order chi connectivity index (χ1) is 50.8. The highest BCUT2D eigenvalue weighted by atomic mass is 17.9. The number of rotatable bonds is 29. The van der Waals surface area contributed by atoms with Gasteiger partial charge in [0, 0.05) is 121 Å². The molecule has 4 atom stereocenters. The number of primary amides is 1. The molecule has 0 bridgehead atoms. The van der Waals surface area contributed by atoms with Gasteiger partial charge in [0.05, 0.1) is 67.1 Å². The second kappa shape index (κ2) is 38.1. The van der Waals surface area contributed by atoms with Gasteiger partial charge in [0.25, 0.3) is 23.6 Å². The summed E-state index contributed by atoms with van der Waals surface area (Å²) in [6.07, 6.45) is 11.7. The van der Waals surface area contributed by atoms with Crippen LogP contribution in [0.5, 0.6) is 23.0 Å². The predicted molar refractivity (Wildman–Crippen MR) is 373 cm³/mol. The van der Waals surface area contributed by atoms with E-state index in [1.165, 1.54) is 0 Å². The van der Waals surface area contributed by atoms with Crippen LogP contribution in [-0.2, 0) is 88.3 Å². The SMILES string of the molecule is C=C1C[C@H]2C=Nc3cc4c(cc3C(=O)N2C1)OCCCCCCCCOc1cc2c(cc1OCCCO4)N=C[C@@H]1Cc3ccc(NC(=C)OCc4ccc(NC(=O)[C@H](CCCNC(N)=O)CC(=O)[C@@H](NC(=O)OOOOOOOOCCNC(=O)CCN5C(=O)C=CC5=O)C(C)C)cc4)cc3CN1C2=O. The summed E-state index contributed by atoms with van der Waals surface area (Å²) in [7, 11) is 0. The smallest absolute Gasteiger partial charge is 0.442 e. The zero-order valence-electron chi connectivity index (χ0n) is 58.2. The number of Topliss-reactive ketones (excluding diaryl/α,β-unsaturated/α-hetero) is 1. The lowest BCUT2D eigenvalue weighted by Crippen LogP contribution is -2.45. The lowest BCUT2D eigenvalue weighted by molar-refractivity contribution is -0.809. The molecule has 6 aliphatic heterocycles. The maximum absolute atomic E-state index is 14.7. The lowest BCUT2D eigenvalue weighted by atomic mass is 9.89. The monoisotopic (exact) mass is 1460 g/mol. The fourth-order valence-corrected chi connectivity index (χ4v) is 12.3. The number of imide groups is 1. The molecule has 10 rings (SSSR count). The quantitative estimate of drug-likeness (QED) is 0.00745. The van der Waals surface area contributed by atoms with Gasteiger partial charge in [-0.2, -0.15) is 0 Å². The molecule has 105 heavy (non-hydrogen) atoms. The summed E-state index contributed by atoms with van der Waals surface area (Å²) in [5.74, 6) is -2.16. The third kappa shape index (κ3) is 22.1. The van der Waals surface area contributed by atoms with Gasteiger partial charge in [0.2, 0.25) is 11.8 Å². The molecular weight excluding hydrogens is 1370 g/mol. The standard InChI is InChI=1S/C72H85N11O22/c1-44(2)67(80-72(92)99-101-103-105-104-102-100-98-30-24-74-64(85)22-25-81-65(86)20-21-66(81)87)59(84)34-49(13-11-23-75-71(73)91)68(88)79-51-17-14-47(15-18-51)43-97-46(4)78-52-19-16-48-33-54-40-77-58-38-63-61(36-56(58)70(90)83(54)42-50(48)32-52)94-27-10-8-6-5-7-9-26-93-60-35-55-57(37-62(60)95-28-12-29-96-63)76-39-53-31-45(3)41-82(53)69(55)89/h14-21,32,35-40,44,49,53-54,67,78H,3-13,22-31,33-34,41-43H2,1-2H3,(H,74,85)(H,79,88)(H,80,92)(H3,73,75,91)/t49-,53+,54+,67+/m1/s1. The fourth-order valence-electron chi connectivity index (χ4n) is 12.3. The first-order valence-electron chi connectivity index (χ1n) is 34.6. The molecule has 9 amide bonds. The van der Waals surface area contributed by atoms with Crippen molar-refractivity contribution in [3.05, 3.63) is 131 Å². The van der Waals surface area contributed by atoms with Crippen molar-refractivity contribution < 1.29 is 107 Å². The van der Waals surface area contributed by atoms with E-state index in [0.29, 0.717) is 102 Å². The number of hydrogen-bond acceptors (Lipinski definition) is 25. The van der Waals surface area contributed by atoms with Crippen molar-refractivity contribution in [1.29, 1.82) is 0 Å². The van der Waals surface area contributed by atoms with Crippen LogP contribution in [0.2, 0.25) is 0 Å². The molecule has 6 aliphatic rings. The predicted octanol–water partition coefficient (Wildman–Crippen LogP) is 8.18. The summed E-state index contributed by atoms with van der Waals surface area (Å²) in [6, 6.07) is 17.4. The van der Waals surface area contributed by atoms with Crippen LogP contribution in [0.4, 0.5) is 32.3 Å². The van der Waals surface area contributed by atoms with E-state index in [4.69, 9.17) is 39.4 Å². The molecular formula is C72H85N11O22. The number of anilines is 2. The molecule has 4 aromatic rings. The van der Waals surface area contributed by atoms with E-state index in [-0.39, 0.29) is 102 Å². The summed E-state index contributed by atoms with van der Waals surface area (Å²) < 4.78 is 31.5. The minimum Gasteiger partial charge on any atom is -0.490 e. The van der Waals surface area contributed by atoms with Crippen molar-refractivity contribution in [1.82, 2.24) is 30.7 Å². The van der Waals surface area contributed by atoms with E-state index in [0.717, 1.165) is 77.8 Å². The fraction of sp³-hybridized carbons (Fsp3) is 0.431. The van der Waals surface area contributed by atoms with Gasteiger partial charge in [-0.3, -0.25) is 48.4 Å². The van der Waals surface area contributed by atoms with Gasteiger partial charge in [-0.1, -0.05) is 69.9 Å². The molecule has 0 saturated carbocycles. The summed E-state index contributed by atoms with van der Waals surface area (Å²) in [6.45, 7) is 13.5. The van der Waals surface area contributed by atoms with Crippen LogP contribution >= 0.6 is 0 Å². The topological polar surface area (TPSA) is 394 Å². The van der Waals surface area contributed by atoms with Crippen molar-refractivity contribution in [2.75, 3.05) is 69.8 Å². The second-order valence-corrected chi connectivity index (χ2v) is 25.8. The van der Waals surface area contributed by atoms with Crippen LogP contribution in [0.3, 0.4) is 0 Å². The molecule has 0 aliphatic carbocycles. The Morgan fingerprint density at radius 1 is 0.648 bits per heavy atom. The van der Waals surface area contributed by atoms with Crippen LogP contribution < -0.4 is 51.3 Å². The summed E-state index contributed by atoms with van der Waals surface area (Å²) in [5, 5.41) is 37.6. The molecule has 0 unspecified atom stereocenters. The highest BCUT2D eigenvalue weighted by Gasteiger charge is 2.37. The minimum atomic E-state index is -1.30. The number of urea groups is 1. The Labute approximate surface area is 604 Å². The van der Waals surface area contributed by atoms with Gasteiger partial charge in [-0.25, -0.2) is 19.4 Å². The molecule has 0 aromatic heterocycles. The number of hydrogen-bond donors (Lipinski definition) is 6. The molecule has 560 valence electrons. The number of nitrogens with one attached hydrogen (secondary N) is 5. The molecule has 7 N–H and O–H groups in total. The average molecular weight is 1460 g/mol. The Morgan fingerprint density at radius 3 is 1.87 bits per heavy atom. The van der Waals surface area contributed by atoms with Crippen molar-refractivity contribution in [3.8, 4) is 23.0 Å². The largest absolute Gasteiger partial charge is 0.490 e. The molecule has 0 spiro atoms. The average Bonchev–Trinajstić information content (AvgIpc) is 1.72. The summed E-state index contributed by atoms with van der Waals surface area (Å²) in [5.41, 5.74) is 11.9. The number of amides is 9. The van der Waals surface area contributed by atoms with Crippen molar-refractivity contribution in [3.63, 3.8) is 0 Å². The van der Waals surface area contributed by atoms with E-state index in [1.54, 1.807) is 67.3 Å². The number of benzene rings is 4. The molecule has 1 saturated heterocycles. The van der Waals surface area contributed by atoms with Gasteiger partial charge in [-0.15, -0.1) is 0 Å². The number of ether oxygens (including phenoxy) is 5. The van der Waals surface area contributed by atoms with Crippen LogP contribution in [0, 0.1) is 11.8 Å². The zero-order valence-corrected chi connectivity index (χ0v) is 58.2. The minimum absolute atomic E-state index is 0.0685.